The van der Waals surface area contributed by atoms with Crippen LogP contribution >= 0.6 is 11.6 Å². The second-order valence-corrected chi connectivity index (χ2v) is 7.75. The first-order chi connectivity index (χ1) is 14.0. The fraction of sp³-hybridized carbons (Fsp3) is 0.435. The largest absolute Gasteiger partial charge is 0.497 e. The van der Waals surface area contributed by atoms with Crippen LogP contribution in [0.5, 0.6) is 5.75 Å². The molecule has 1 heterocycles. The van der Waals surface area contributed by atoms with Gasteiger partial charge in [-0.05, 0) is 55.9 Å². The van der Waals surface area contributed by atoms with E-state index in [4.69, 9.17) is 21.3 Å². The van der Waals surface area contributed by atoms with Gasteiger partial charge in [-0.2, -0.15) is 0 Å². The lowest BCUT2D eigenvalue weighted by atomic mass is 10.1. The molecule has 5 nitrogen and oxygen atoms in total. The highest BCUT2D eigenvalue weighted by molar-refractivity contribution is 6.31. The van der Waals surface area contributed by atoms with Crippen molar-refractivity contribution < 1.29 is 9.84 Å². The second-order valence-electron chi connectivity index (χ2n) is 7.31. The first-order valence-corrected chi connectivity index (χ1v) is 10.6. The summed E-state index contributed by atoms with van der Waals surface area (Å²) in [6.07, 6.45) is 1.83. The number of rotatable bonds is 10. The number of aliphatic hydroxyl groups is 1. The van der Waals surface area contributed by atoms with Crippen LogP contribution < -0.4 is 10.1 Å². The van der Waals surface area contributed by atoms with Crippen LogP contribution in [-0.4, -0.2) is 54.4 Å². The van der Waals surface area contributed by atoms with Crippen LogP contribution in [-0.2, 0) is 0 Å². The molecule has 3 aromatic rings. The summed E-state index contributed by atoms with van der Waals surface area (Å²) in [4.78, 5) is 7.04. The maximum Gasteiger partial charge on any atom is 0.119 e. The number of aromatic nitrogens is 1. The lowest BCUT2D eigenvalue weighted by Gasteiger charge is -2.24. The fourth-order valence-corrected chi connectivity index (χ4v) is 3.72. The monoisotopic (exact) mass is 415 g/mol. The maximum absolute atomic E-state index is 10.6. The van der Waals surface area contributed by atoms with Crippen LogP contribution in [0.2, 0.25) is 5.02 Å². The Labute approximate surface area is 177 Å². The Hall–Kier alpha value is -2.08. The van der Waals surface area contributed by atoms with Crippen LogP contribution in [0.15, 0.2) is 36.4 Å². The van der Waals surface area contributed by atoms with Gasteiger partial charge in [0.2, 0.25) is 0 Å². The highest BCUT2D eigenvalue weighted by atomic mass is 35.5. The molecule has 0 saturated heterocycles. The molecule has 29 heavy (non-hydrogen) atoms. The molecule has 6 heteroatoms. The number of nitrogens with zero attached hydrogens (tertiary/aromatic N) is 2. The number of likely N-dealkylation sites (N-methyl/N-ethyl adjacent to an activating group) is 1. The van der Waals surface area contributed by atoms with Crippen molar-refractivity contribution in [3.8, 4) is 5.75 Å². The van der Waals surface area contributed by atoms with E-state index in [2.05, 4.69) is 24.1 Å². The molecule has 0 fully saturated rings. The Morgan fingerprint density at radius 3 is 2.69 bits per heavy atom. The van der Waals surface area contributed by atoms with Gasteiger partial charge in [0.05, 0.1) is 29.9 Å². The SMILES string of the molecule is CCCCN(CC)CC(O)CNc1c2ccc(Cl)cc2nc2ccc(OC)cc12. The molecule has 0 amide bonds. The number of fused-ring (bicyclic) bond motifs is 2. The van der Waals surface area contributed by atoms with E-state index in [1.165, 1.54) is 0 Å². The van der Waals surface area contributed by atoms with E-state index < -0.39 is 6.10 Å². The molecular weight excluding hydrogens is 386 g/mol. The molecule has 0 spiro atoms. The van der Waals surface area contributed by atoms with Crippen molar-refractivity contribution in [2.24, 2.45) is 0 Å². The van der Waals surface area contributed by atoms with E-state index in [-0.39, 0.29) is 0 Å². The van der Waals surface area contributed by atoms with Gasteiger partial charge in [-0.25, -0.2) is 4.98 Å². The van der Waals surface area contributed by atoms with E-state index in [0.717, 1.165) is 59.2 Å². The lowest BCUT2D eigenvalue weighted by molar-refractivity contribution is 0.124. The van der Waals surface area contributed by atoms with E-state index in [1.54, 1.807) is 7.11 Å². The van der Waals surface area contributed by atoms with Gasteiger partial charge in [0, 0.05) is 28.9 Å². The number of halogens is 1. The number of unbranched alkanes of at least 4 members (excludes halogenated alkanes) is 1. The molecule has 1 unspecified atom stereocenters. The second kappa shape index (κ2) is 10.1. The number of benzene rings is 2. The van der Waals surface area contributed by atoms with Crippen molar-refractivity contribution in [3.63, 3.8) is 0 Å². The summed E-state index contributed by atoms with van der Waals surface area (Å²) in [5, 5.41) is 16.7. The Morgan fingerprint density at radius 2 is 1.97 bits per heavy atom. The third-order valence-corrected chi connectivity index (χ3v) is 5.44. The van der Waals surface area contributed by atoms with Gasteiger partial charge in [0.1, 0.15) is 5.75 Å². The molecule has 3 rings (SSSR count). The number of nitrogens with one attached hydrogen (secondary N) is 1. The van der Waals surface area contributed by atoms with Gasteiger partial charge in [-0.1, -0.05) is 31.9 Å². The first-order valence-electron chi connectivity index (χ1n) is 10.3. The molecule has 2 aromatic carbocycles. The molecule has 0 aliphatic heterocycles. The normalized spacial score (nSPS) is 12.6. The summed E-state index contributed by atoms with van der Waals surface area (Å²) in [5.41, 5.74) is 2.62. The van der Waals surface area contributed by atoms with Crippen molar-refractivity contribution in [2.75, 3.05) is 38.6 Å². The zero-order valence-corrected chi connectivity index (χ0v) is 18.2. The molecule has 1 aromatic heterocycles. The first kappa shape index (κ1) is 21.6. The lowest BCUT2D eigenvalue weighted by Crippen LogP contribution is -2.36. The molecule has 0 aliphatic rings. The predicted octanol–water partition coefficient (Wildman–Crippen LogP) is 4.94. The molecule has 1 atom stereocenters. The smallest absolute Gasteiger partial charge is 0.119 e. The zero-order chi connectivity index (χ0) is 20.8. The van der Waals surface area contributed by atoms with Gasteiger partial charge in [0.15, 0.2) is 0 Å². The van der Waals surface area contributed by atoms with Crippen LogP contribution in [0.4, 0.5) is 5.69 Å². The van der Waals surface area contributed by atoms with Crippen LogP contribution in [0.25, 0.3) is 21.8 Å². The maximum atomic E-state index is 10.6. The van der Waals surface area contributed by atoms with Crippen molar-refractivity contribution >= 4 is 39.1 Å². The topological polar surface area (TPSA) is 57.6 Å². The molecule has 2 N–H and O–H groups in total. The minimum absolute atomic E-state index is 0.455. The summed E-state index contributed by atoms with van der Waals surface area (Å²) in [5.74, 6) is 0.771. The summed E-state index contributed by atoms with van der Waals surface area (Å²) in [6, 6.07) is 11.5. The third-order valence-electron chi connectivity index (χ3n) is 5.20. The van der Waals surface area contributed by atoms with Gasteiger partial charge in [0.25, 0.3) is 0 Å². The Balaban J connectivity index is 1.89. The molecule has 0 radical (unpaired) electrons. The van der Waals surface area contributed by atoms with Gasteiger partial charge in [-0.15, -0.1) is 0 Å². The minimum Gasteiger partial charge on any atom is -0.497 e. The minimum atomic E-state index is -0.469. The highest BCUT2D eigenvalue weighted by Gasteiger charge is 2.14. The Morgan fingerprint density at radius 1 is 1.14 bits per heavy atom. The predicted molar refractivity (Wildman–Crippen MR) is 122 cm³/mol. The molecular formula is C23H30ClN3O2. The van der Waals surface area contributed by atoms with E-state index in [0.29, 0.717) is 18.1 Å². The summed E-state index contributed by atoms with van der Waals surface area (Å²) >= 11 is 6.19. The number of pyridine rings is 1. The van der Waals surface area contributed by atoms with E-state index >= 15 is 0 Å². The van der Waals surface area contributed by atoms with Crippen molar-refractivity contribution in [2.45, 2.75) is 32.8 Å². The Kier molecular flexibility index (Phi) is 7.53. The number of anilines is 1. The van der Waals surface area contributed by atoms with Gasteiger partial charge < -0.3 is 20.1 Å². The number of ether oxygens (including phenoxy) is 1. The third kappa shape index (κ3) is 5.30. The number of hydrogen-bond acceptors (Lipinski definition) is 5. The van der Waals surface area contributed by atoms with E-state index in [9.17, 15) is 5.11 Å². The molecule has 0 aliphatic carbocycles. The van der Waals surface area contributed by atoms with Crippen LogP contribution in [0, 0.1) is 0 Å². The average molecular weight is 416 g/mol. The van der Waals surface area contributed by atoms with Crippen molar-refractivity contribution in [1.82, 2.24) is 9.88 Å². The quantitative estimate of drug-likeness (QED) is 0.459. The summed E-state index contributed by atoms with van der Waals surface area (Å²) in [7, 11) is 1.65. The number of methoxy groups -OCH3 is 1. The fourth-order valence-electron chi connectivity index (χ4n) is 3.56. The van der Waals surface area contributed by atoms with Crippen LogP contribution in [0.1, 0.15) is 26.7 Å². The summed E-state index contributed by atoms with van der Waals surface area (Å²) < 4.78 is 5.41. The highest BCUT2D eigenvalue weighted by Crippen LogP contribution is 2.34. The number of hydrogen-bond donors (Lipinski definition) is 2. The zero-order valence-electron chi connectivity index (χ0n) is 17.4. The van der Waals surface area contributed by atoms with E-state index in [1.807, 2.05) is 36.4 Å². The van der Waals surface area contributed by atoms with Crippen molar-refractivity contribution in [3.05, 3.63) is 41.4 Å². The van der Waals surface area contributed by atoms with Gasteiger partial charge in [-0.3, -0.25) is 0 Å². The molecule has 0 bridgehead atoms. The van der Waals surface area contributed by atoms with Gasteiger partial charge >= 0.3 is 0 Å². The molecule has 0 saturated carbocycles. The number of aliphatic hydroxyl groups excluding tert-OH is 1. The average Bonchev–Trinajstić information content (AvgIpc) is 2.73. The Bertz CT molecular complexity index is 964. The molecule has 156 valence electrons. The van der Waals surface area contributed by atoms with Crippen molar-refractivity contribution in [1.29, 1.82) is 0 Å². The summed E-state index contributed by atoms with van der Waals surface area (Å²) in [6.45, 7) is 7.38. The standard InChI is InChI=1S/C23H30ClN3O2/c1-4-6-11-27(5-2)15-17(28)14-25-23-19-9-7-16(24)12-22(19)26-21-10-8-18(29-3)13-20(21)23/h7-10,12-13,17,28H,4-6,11,14-15H2,1-3H3,(H,25,26). The van der Waals surface area contributed by atoms with Crippen LogP contribution in [0.3, 0.4) is 0 Å².